The van der Waals surface area contributed by atoms with Crippen molar-refractivity contribution < 1.29 is 9.90 Å². The standard InChI is InChI=1S/C14H14N2O2/c17-14(18)12-7-8-15-10-13(12)16-9-6-11-4-2-1-3-5-11/h1-5,7-8,10,16H,6,9H2,(H,17,18). The molecule has 1 aromatic heterocycles. The Hall–Kier alpha value is -2.36. The zero-order chi connectivity index (χ0) is 12.8. The lowest BCUT2D eigenvalue weighted by molar-refractivity contribution is 0.0698. The normalized spacial score (nSPS) is 10.0. The van der Waals surface area contributed by atoms with Crippen LogP contribution in [0.5, 0.6) is 0 Å². The van der Waals surface area contributed by atoms with E-state index in [1.165, 1.54) is 24.0 Å². The molecule has 1 aromatic carbocycles. The summed E-state index contributed by atoms with van der Waals surface area (Å²) in [6.07, 6.45) is 3.86. The molecule has 0 saturated carbocycles. The third kappa shape index (κ3) is 3.07. The van der Waals surface area contributed by atoms with Gasteiger partial charge >= 0.3 is 5.97 Å². The molecule has 0 aliphatic rings. The van der Waals surface area contributed by atoms with Crippen molar-refractivity contribution in [3.8, 4) is 0 Å². The van der Waals surface area contributed by atoms with Crippen molar-refractivity contribution in [2.24, 2.45) is 0 Å². The number of carboxylic acid groups (broad SMARTS) is 1. The third-order valence-electron chi connectivity index (χ3n) is 2.62. The fourth-order valence-electron chi connectivity index (χ4n) is 1.71. The number of benzene rings is 1. The predicted octanol–water partition coefficient (Wildman–Crippen LogP) is 2.43. The number of rotatable bonds is 5. The summed E-state index contributed by atoms with van der Waals surface area (Å²) < 4.78 is 0. The van der Waals surface area contributed by atoms with Gasteiger partial charge < -0.3 is 10.4 Å². The minimum Gasteiger partial charge on any atom is -0.478 e. The molecule has 0 atom stereocenters. The average Bonchev–Trinajstić information content (AvgIpc) is 2.40. The van der Waals surface area contributed by atoms with Gasteiger partial charge in [0.15, 0.2) is 0 Å². The van der Waals surface area contributed by atoms with Gasteiger partial charge in [-0.25, -0.2) is 4.79 Å². The Kier molecular flexibility index (Phi) is 3.91. The minimum atomic E-state index is -0.945. The quantitative estimate of drug-likeness (QED) is 0.845. The fourth-order valence-corrected chi connectivity index (χ4v) is 1.71. The maximum Gasteiger partial charge on any atom is 0.337 e. The minimum absolute atomic E-state index is 0.248. The molecule has 92 valence electrons. The molecule has 0 unspecified atom stereocenters. The van der Waals surface area contributed by atoms with Gasteiger partial charge in [-0.2, -0.15) is 0 Å². The lowest BCUT2D eigenvalue weighted by Gasteiger charge is -2.08. The van der Waals surface area contributed by atoms with Gasteiger partial charge in [0.25, 0.3) is 0 Å². The molecule has 4 nitrogen and oxygen atoms in total. The lowest BCUT2D eigenvalue weighted by Crippen LogP contribution is -2.09. The highest BCUT2D eigenvalue weighted by atomic mass is 16.4. The van der Waals surface area contributed by atoms with Crippen LogP contribution in [0.2, 0.25) is 0 Å². The van der Waals surface area contributed by atoms with Gasteiger partial charge in [-0.1, -0.05) is 30.3 Å². The summed E-state index contributed by atoms with van der Waals surface area (Å²) in [7, 11) is 0. The number of aromatic nitrogens is 1. The Labute approximate surface area is 105 Å². The van der Waals surface area contributed by atoms with Gasteiger partial charge in [0.1, 0.15) is 0 Å². The van der Waals surface area contributed by atoms with Crippen molar-refractivity contribution in [3.63, 3.8) is 0 Å². The molecule has 0 spiro atoms. The number of carboxylic acids is 1. The van der Waals surface area contributed by atoms with E-state index >= 15 is 0 Å². The number of anilines is 1. The summed E-state index contributed by atoms with van der Waals surface area (Å²) in [6, 6.07) is 11.5. The van der Waals surface area contributed by atoms with Crippen LogP contribution < -0.4 is 5.32 Å². The molecule has 1 heterocycles. The number of aromatic carboxylic acids is 1. The summed E-state index contributed by atoms with van der Waals surface area (Å²) in [4.78, 5) is 14.9. The molecule has 0 bridgehead atoms. The lowest BCUT2D eigenvalue weighted by atomic mass is 10.1. The van der Waals surface area contributed by atoms with E-state index in [1.807, 2.05) is 30.3 Å². The molecule has 0 aliphatic heterocycles. The smallest absolute Gasteiger partial charge is 0.337 e. The van der Waals surface area contributed by atoms with Gasteiger partial charge in [-0.3, -0.25) is 4.98 Å². The molecule has 0 radical (unpaired) electrons. The summed E-state index contributed by atoms with van der Waals surface area (Å²) in [5.74, 6) is -0.945. The van der Waals surface area contributed by atoms with E-state index in [0.29, 0.717) is 12.2 Å². The van der Waals surface area contributed by atoms with E-state index in [1.54, 1.807) is 0 Å². The molecule has 4 heteroatoms. The van der Waals surface area contributed by atoms with E-state index in [-0.39, 0.29) is 5.56 Å². The molecular weight excluding hydrogens is 228 g/mol. The molecule has 0 fully saturated rings. The first-order valence-electron chi connectivity index (χ1n) is 5.72. The van der Waals surface area contributed by atoms with Crippen molar-refractivity contribution in [3.05, 3.63) is 59.9 Å². The maximum atomic E-state index is 11.0. The van der Waals surface area contributed by atoms with Crippen LogP contribution in [0.4, 0.5) is 5.69 Å². The van der Waals surface area contributed by atoms with Crippen LogP contribution in [0.3, 0.4) is 0 Å². The zero-order valence-electron chi connectivity index (χ0n) is 9.84. The number of pyridine rings is 1. The van der Waals surface area contributed by atoms with Crippen LogP contribution in [0.25, 0.3) is 0 Å². The molecule has 2 N–H and O–H groups in total. The van der Waals surface area contributed by atoms with Crippen LogP contribution in [-0.2, 0) is 6.42 Å². The first kappa shape index (κ1) is 12.1. The SMILES string of the molecule is O=C(O)c1ccncc1NCCc1ccccc1. The second-order valence-electron chi connectivity index (χ2n) is 3.89. The molecule has 18 heavy (non-hydrogen) atoms. The largest absolute Gasteiger partial charge is 0.478 e. The third-order valence-corrected chi connectivity index (χ3v) is 2.62. The van der Waals surface area contributed by atoms with Gasteiger partial charge in [0.2, 0.25) is 0 Å². The molecule has 0 saturated heterocycles. The molecule has 2 rings (SSSR count). The van der Waals surface area contributed by atoms with Crippen LogP contribution in [-0.4, -0.2) is 22.6 Å². The number of hydrogen-bond acceptors (Lipinski definition) is 3. The van der Waals surface area contributed by atoms with Crippen LogP contribution >= 0.6 is 0 Å². The molecule has 0 aliphatic carbocycles. The Morgan fingerprint density at radius 1 is 1.22 bits per heavy atom. The first-order chi connectivity index (χ1) is 8.77. The summed E-state index contributed by atoms with van der Waals surface area (Å²) in [6.45, 7) is 0.677. The summed E-state index contributed by atoms with van der Waals surface area (Å²) in [5.41, 5.74) is 2.02. The monoisotopic (exact) mass is 242 g/mol. The molecule has 0 amide bonds. The van der Waals surface area contributed by atoms with Crippen molar-refractivity contribution >= 4 is 11.7 Å². The Morgan fingerprint density at radius 2 is 2.00 bits per heavy atom. The molecular formula is C14H14N2O2. The van der Waals surface area contributed by atoms with Gasteiger partial charge in [0.05, 0.1) is 17.4 Å². The topological polar surface area (TPSA) is 62.2 Å². The highest BCUT2D eigenvalue weighted by molar-refractivity contribution is 5.93. The number of nitrogens with one attached hydrogen (secondary N) is 1. The average molecular weight is 242 g/mol. The van der Waals surface area contributed by atoms with Crippen LogP contribution in [0, 0.1) is 0 Å². The Morgan fingerprint density at radius 3 is 2.72 bits per heavy atom. The first-order valence-corrected chi connectivity index (χ1v) is 5.72. The fraction of sp³-hybridized carbons (Fsp3) is 0.143. The highest BCUT2D eigenvalue weighted by Crippen LogP contribution is 2.13. The highest BCUT2D eigenvalue weighted by Gasteiger charge is 2.08. The summed E-state index contributed by atoms with van der Waals surface area (Å²) >= 11 is 0. The second-order valence-corrected chi connectivity index (χ2v) is 3.89. The van der Waals surface area contributed by atoms with E-state index in [2.05, 4.69) is 10.3 Å². The Balaban J connectivity index is 1.97. The van der Waals surface area contributed by atoms with E-state index in [0.717, 1.165) is 6.42 Å². The van der Waals surface area contributed by atoms with E-state index in [9.17, 15) is 4.79 Å². The summed E-state index contributed by atoms with van der Waals surface area (Å²) in [5, 5.41) is 12.1. The van der Waals surface area contributed by atoms with Crippen LogP contribution in [0.15, 0.2) is 48.8 Å². The van der Waals surface area contributed by atoms with Crippen molar-refractivity contribution in [2.45, 2.75) is 6.42 Å². The van der Waals surface area contributed by atoms with Crippen LogP contribution in [0.1, 0.15) is 15.9 Å². The maximum absolute atomic E-state index is 11.0. The number of hydrogen-bond donors (Lipinski definition) is 2. The van der Waals surface area contributed by atoms with Crippen molar-refractivity contribution in [1.29, 1.82) is 0 Å². The molecule has 2 aromatic rings. The van der Waals surface area contributed by atoms with Crippen molar-refractivity contribution in [2.75, 3.05) is 11.9 Å². The van der Waals surface area contributed by atoms with Gasteiger partial charge in [-0.05, 0) is 18.1 Å². The van der Waals surface area contributed by atoms with E-state index < -0.39 is 5.97 Å². The van der Waals surface area contributed by atoms with Crippen molar-refractivity contribution in [1.82, 2.24) is 4.98 Å². The van der Waals surface area contributed by atoms with Gasteiger partial charge in [0, 0.05) is 12.7 Å². The predicted molar refractivity (Wildman–Crippen MR) is 69.8 cm³/mol. The van der Waals surface area contributed by atoms with E-state index in [4.69, 9.17) is 5.11 Å². The van der Waals surface area contributed by atoms with Gasteiger partial charge in [-0.15, -0.1) is 0 Å². The zero-order valence-corrected chi connectivity index (χ0v) is 9.84. The second kappa shape index (κ2) is 5.82. The number of nitrogens with zero attached hydrogens (tertiary/aromatic N) is 1. The Bertz CT molecular complexity index is 526. The number of carbonyl (C=O) groups is 1.